The molecule has 1 aliphatic heterocycles. The minimum Gasteiger partial charge on any atom is -0.497 e. The van der Waals surface area contributed by atoms with E-state index in [1.54, 1.807) is 50.8 Å². The van der Waals surface area contributed by atoms with Crippen LogP contribution in [-0.4, -0.2) is 96.0 Å². The van der Waals surface area contributed by atoms with E-state index >= 15 is 0 Å². The first-order valence-electron chi connectivity index (χ1n) is 17.8. The van der Waals surface area contributed by atoms with E-state index in [-0.39, 0.29) is 42.6 Å². The van der Waals surface area contributed by atoms with Gasteiger partial charge in [0, 0.05) is 37.0 Å². The van der Waals surface area contributed by atoms with Crippen LogP contribution in [0.5, 0.6) is 5.75 Å². The number of benzene rings is 1. The third kappa shape index (κ3) is 11.1. The van der Waals surface area contributed by atoms with Gasteiger partial charge in [0.1, 0.15) is 35.3 Å². The van der Waals surface area contributed by atoms with Crippen molar-refractivity contribution in [3.05, 3.63) is 40.2 Å². The molecule has 0 bridgehead atoms. The van der Waals surface area contributed by atoms with Gasteiger partial charge in [0.05, 0.1) is 19.2 Å². The molecule has 0 saturated carbocycles. The van der Waals surface area contributed by atoms with Crippen LogP contribution < -0.4 is 26.3 Å². The van der Waals surface area contributed by atoms with Crippen LogP contribution in [0, 0.1) is 0 Å². The van der Waals surface area contributed by atoms with Gasteiger partial charge in [-0.15, -0.1) is 0 Å². The molecule has 14 nitrogen and oxygen atoms in total. The average Bonchev–Trinajstić information content (AvgIpc) is 3.59. The minimum absolute atomic E-state index is 0.0878. The maximum Gasteiger partial charge on any atom is 0.349 e. The first-order valence-corrected chi connectivity index (χ1v) is 17.8. The number of methoxy groups -OCH3 is 1. The molecule has 0 aliphatic carbocycles. The number of rotatable bonds is 19. The number of unbranched alkanes of at least 4 members (excludes halogenated alkanes) is 3. The van der Waals surface area contributed by atoms with Crippen LogP contribution in [0.15, 0.2) is 33.5 Å². The van der Waals surface area contributed by atoms with Gasteiger partial charge in [-0.05, 0) is 84.4 Å². The maximum absolute atomic E-state index is 13.5. The molecule has 0 spiro atoms. The third-order valence-electron chi connectivity index (χ3n) is 9.00. The fraction of sp³-hybridized carbons (Fsp3) is 0.595. The lowest BCUT2D eigenvalue weighted by Gasteiger charge is -2.37. The molecule has 0 radical (unpaired) electrons. The van der Waals surface area contributed by atoms with E-state index in [1.165, 1.54) is 18.1 Å². The van der Waals surface area contributed by atoms with Crippen molar-refractivity contribution in [3.63, 3.8) is 0 Å². The van der Waals surface area contributed by atoms with E-state index in [0.29, 0.717) is 56.1 Å². The van der Waals surface area contributed by atoms with Crippen LogP contribution >= 0.6 is 0 Å². The van der Waals surface area contributed by atoms with Gasteiger partial charge >= 0.3 is 5.63 Å². The van der Waals surface area contributed by atoms with Crippen LogP contribution in [0.3, 0.4) is 0 Å². The first kappa shape index (κ1) is 40.7. The van der Waals surface area contributed by atoms with Crippen molar-refractivity contribution in [1.29, 1.82) is 0 Å². The Labute approximate surface area is 299 Å². The van der Waals surface area contributed by atoms with Crippen LogP contribution in [0.2, 0.25) is 0 Å². The molecule has 2 unspecified atom stereocenters. The highest BCUT2D eigenvalue weighted by Crippen LogP contribution is 2.22. The molecule has 5 amide bonds. The average molecular weight is 712 g/mol. The number of hydrogen-bond acceptors (Lipinski definition) is 9. The molecular formula is C37H53N5O9. The van der Waals surface area contributed by atoms with Gasteiger partial charge in [-0.25, -0.2) is 4.79 Å². The Bertz CT molecular complexity index is 1620. The fourth-order valence-corrected chi connectivity index (χ4v) is 6.39. The number of carbonyl (C=O) groups excluding carboxylic acids is 6. The molecule has 1 saturated heterocycles. The second-order valence-electron chi connectivity index (χ2n) is 13.7. The number of likely N-dealkylation sites (tertiary alicyclic amines) is 1. The molecule has 1 aromatic carbocycles. The number of hydrogen-bond donors (Lipinski definition) is 3. The van der Waals surface area contributed by atoms with E-state index in [9.17, 15) is 33.6 Å². The van der Waals surface area contributed by atoms with Gasteiger partial charge < -0.3 is 39.7 Å². The molecule has 2 aromatic rings. The van der Waals surface area contributed by atoms with Crippen molar-refractivity contribution in [2.75, 3.05) is 26.7 Å². The summed E-state index contributed by atoms with van der Waals surface area (Å²) in [6.07, 6.45) is 5.77. The van der Waals surface area contributed by atoms with E-state index < -0.39 is 46.9 Å². The number of nitrogens with zero attached hydrogens (tertiary/aromatic N) is 2. The van der Waals surface area contributed by atoms with Crippen molar-refractivity contribution < 1.29 is 37.9 Å². The molecule has 3 N–H and O–H groups in total. The zero-order chi connectivity index (χ0) is 37.7. The van der Waals surface area contributed by atoms with Crippen molar-refractivity contribution in [1.82, 2.24) is 25.8 Å². The Morgan fingerprint density at radius 3 is 2.49 bits per heavy atom. The number of amides is 5. The summed E-state index contributed by atoms with van der Waals surface area (Å²) in [7, 11) is 1.49. The number of carbonyl (C=O) groups is 6. The van der Waals surface area contributed by atoms with Crippen molar-refractivity contribution in [2.24, 2.45) is 0 Å². The van der Waals surface area contributed by atoms with Crippen molar-refractivity contribution in [2.45, 2.75) is 116 Å². The van der Waals surface area contributed by atoms with Crippen molar-refractivity contribution in [3.8, 4) is 5.75 Å². The SMILES string of the molecule is CCCCCC(=O)N1CCCC1C(=O)NC(CCCCNC(=O)c1cc2ccc(OC)cc2oc1=O)C(=O)NCC(=O)N(C(C)C)C(C)(C)C=O. The fourth-order valence-electron chi connectivity index (χ4n) is 6.39. The molecule has 3 rings (SSSR count). The predicted molar refractivity (Wildman–Crippen MR) is 191 cm³/mol. The molecule has 280 valence electrons. The quantitative estimate of drug-likeness (QED) is 0.112. The van der Waals surface area contributed by atoms with Gasteiger partial charge in [0.2, 0.25) is 23.6 Å². The normalized spacial score (nSPS) is 15.0. The second kappa shape index (κ2) is 19.0. The topological polar surface area (TPSA) is 184 Å². The first-order chi connectivity index (χ1) is 24.2. The summed E-state index contributed by atoms with van der Waals surface area (Å²) in [5.41, 5.74) is -1.75. The van der Waals surface area contributed by atoms with Crippen LogP contribution in [0.25, 0.3) is 11.0 Å². The van der Waals surface area contributed by atoms with Crippen LogP contribution in [-0.2, 0) is 24.0 Å². The highest BCUT2D eigenvalue weighted by molar-refractivity contribution is 5.97. The largest absolute Gasteiger partial charge is 0.497 e. The Morgan fingerprint density at radius 1 is 1.08 bits per heavy atom. The van der Waals surface area contributed by atoms with E-state index in [4.69, 9.17) is 9.15 Å². The molecule has 2 atom stereocenters. The Kier molecular flexibility index (Phi) is 15.2. The van der Waals surface area contributed by atoms with Crippen LogP contribution in [0.4, 0.5) is 0 Å². The Morgan fingerprint density at radius 2 is 1.82 bits per heavy atom. The zero-order valence-electron chi connectivity index (χ0n) is 30.7. The Balaban J connectivity index is 1.66. The summed E-state index contributed by atoms with van der Waals surface area (Å²) in [6, 6.07) is 4.33. The van der Waals surface area contributed by atoms with Gasteiger partial charge in [0.25, 0.3) is 5.91 Å². The molecule has 1 aromatic heterocycles. The minimum atomic E-state index is -1.09. The highest BCUT2D eigenvalue weighted by atomic mass is 16.5. The molecule has 1 aliphatic rings. The number of nitrogens with one attached hydrogen (secondary N) is 3. The summed E-state index contributed by atoms with van der Waals surface area (Å²) in [5, 5.41) is 8.69. The second-order valence-corrected chi connectivity index (χ2v) is 13.7. The lowest BCUT2D eigenvalue weighted by Crippen LogP contribution is -2.57. The lowest BCUT2D eigenvalue weighted by atomic mass is 10.0. The van der Waals surface area contributed by atoms with Crippen molar-refractivity contribution >= 4 is 46.8 Å². The standard InChI is InChI=1S/C37H53N5O9/c1-7-8-9-15-31(44)41-19-12-14-29(41)35(48)40-28(34(47)39-22-32(45)42(24(2)3)37(4,5)23-43)13-10-11-18-38-33(46)27-20-25-16-17-26(50-6)21-30(25)51-36(27)49/h16-17,20-21,23-24,28-29H,7-15,18-19,22H2,1-6H3,(H,38,46)(H,39,47)(H,40,48). The molecule has 1 fully saturated rings. The molecule has 2 heterocycles. The number of aldehydes is 1. The molecule has 14 heteroatoms. The molecule has 51 heavy (non-hydrogen) atoms. The van der Waals surface area contributed by atoms with Gasteiger partial charge in [-0.1, -0.05) is 19.8 Å². The monoisotopic (exact) mass is 711 g/mol. The third-order valence-corrected chi connectivity index (χ3v) is 9.00. The summed E-state index contributed by atoms with van der Waals surface area (Å²) in [5.74, 6) is -1.68. The Hall–Kier alpha value is -4.75. The number of ether oxygens (including phenoxy) is 1. The summed E-state index contributed by atoms with van der Waals surface area (Å²) < 4.78 is 10.5. The maximum atomic E-state index is 13.5. The summed E-state index contributed by atoms with van der Waals surface area (Å²) in [6.45, 7) is 9.08. The zero-order valence-corrected chi connectivity index (χ0v) is 30.7. The van der Waals surface area contributed by atoms with Gasteiger partial charge in [-0.2, -0.15) is 0 Å². The molecular weight excluding hydrogens is 658 g/mol. The summed E-state index contributed by atoms with van der Waals surface area (Å²) in [4.78, 5) is 93.0. The predicted octanol–water partition coefficient (Wildman–Crippen LogP) is 3.09. The smallest absolute Gasteiger partial charge is 0.349 e. The number of fused-ring (bicyclic) bond motifs is 1. The summed E-state index contributed by atoms with van der Waals surface area (Å²) >= 11 is 0. The van der Waals surface area contributed by atoms with Crippen LogP contribution in [0.1, 0.15) is 103 Å². The van der Waals surface area contributed by atoms with E-state index in [2.05, 4.69) is 16.0 Å². The van der Waals surface area contributed by atoms with E-state index in [1.807, 2.05) is 6.92 Å². The highest BCUT2D eigenvalue weighted by Gasteiger charge is 2.36. The van der Waals surface area contributed by atoms with Gasteiger partial charge in [-0.3, -0.25) is 24.0 Å². The van der Waals surface area contributed by atoms with Gasteiger partial charge in [0.15, 0.2) is 0 Å². The lowest BCUT2D eigenvalue weighted by molar-refractivity contribution is -0.143. The van der Waals surface area contributed by atoms with E-state index in [0.717, 1.165) is 19.3 Å².